The molecule has 0 aromatic carbocycles. The van der Waals surface area contributed by atoms with Crippen LogP contribution in [0.5, 0.6) is 0 Å². The van der Waals surface area contributed by atoms with E-state index in [4.69, 9.17) is 5.11 Å². The smallest absolute Gasteiger partial charge is 0.244 e. The lowest BCUT2D eigenvalue weighted by Gasteiger charge is -2.34. The molecule has 1 aromatic rings. The van der Waals surface area contributed by atoms with E-state index in [2.05, 4.69) is 24.2 Å². The van der Waals surface area contributed by atoms with Crippen LogP contribution in [0.2, 0.25) is 0 Å². The Morgan fingerprint density at radius 3 is 2.67 bits per heavy atom. The van der Waals surface area contributed by atoms with E-state index in [0.29, 0.717) is 17.5 Å². The number of aromatic nitrogens is 3. The molecule has 1 aliphatic rings. The molecule has 1 fully saturated rings. The van der Waals surface area contributed by atoms with Crippen LogP contribution in [0.3, 0.4) is 0 Å². The van der Waals surface area contributed by atoms with Crippen LogP contribution in [0, 0.1) is 11.8 Å². The quantitative estimate of drug-likeness (QED) is 0.838. The molecule has 0 radical (unpaired) electrons. The Hall–Kier alpha value is -1.43. The van der Waals surface area contributed by atoms with E-state index in [9.17, 15) is 4.79 Å². The van der Waals surface area contributed by atoms with Crippen LogP contribution in [0.1, 0.15) is 26.0 Å². The van der Waals surface area contributed by atoms with Crippen molar-refractivity contribution in [3.8, 4) is 0 Å². The zero-order valence-corrected chi connectivity index (χ0v) is 10.9. The van der Waals surface area contributed by atoms with Crippen molar-refractivity contribution in [2.75, 3.05) is 13.1 Å². The molecule has 1 aliphatic heterocycles. The first-order valence-electron chi connectivity index (χ1n) is 6.36. The second-order valence-corrected chi connectivity index (χ2v) is 5.31. The van der Waals surface area contributed by atoms with Crippen LogP contribution >= 0.6 is 0 Å². The van der Waals surface area contributed by atoms with Gasteiger partial charge in [-0.15, -0.1) is 5.10 Å². The van der Waals surface area contributed by atoms with Gasteiger partial charge in [-0.1, -0.05) is 19.1 Å². The summed E-state index contributed by atoms with van der Waals surface area (Å²) in [6.45, 7) is 6.05. The highest BCUT2D eigenvalue weighted by Gasteiger charge is 2.25. The van der Waals surface area contributed by atoms with Gasteiger partial charge in [-0.3, -0.25) is 4.79 Å². The molecule has 1 aromatic heterocycles. The first kappa shape index (κ1) is 13.0. The molecule has 0 bridgehead atoms. The van der Waals surface area contributed by atoms with E-state index in [1.54, 1.807) is 6.20 Å². The summed E-state index contributed by atoms with van der Waals surface area (Å²) >= 11 is 0. The minimum Gasteiger partial charge on any atom is -0.390 e. The number of piperidine rings is 1. The zero-order chi connectivity index (χ0) is 13.1. The average molecular weight is 252 g/mol. The van der Waals surface area contributed by atoms with Crippen molar-refractivity contribution in [3.63, 3.8) is 0 Å². The van der Waals surface area contributed by atoms with Gasteiger partial charge in [0.1, 0.15) is 12.2 Å². The molecule has 0 spiro atoms. The number of carbonyl (C=O) groups excluding carboxylic acids is 1. The largest absolute Gasteiger partial charge is 0.390 e. The Bertz CT molecular complexity index is 408. The van der Waals surface area contributed by atoms with E-state index in [0.717, 1.165) is 13.1 Å². The molecule has 2 rings (SSSR count). The van der Waals surface area contributed by atoms with E-state index in [-0.39, 0.29) is 19.1 Å². The summed E-state index contributed by atoms with van der Waals surface area (Å²) in [6.07, 6.45) is 2.79. The lowest BCUT2D eigenvalue weighted by atomic mass is 9.92. The molecule has 0 aliphatic carbocycles. The van der Waals surface area contributed by atoms with Gasteiger partial charge in [0.25, 0.3) is 0 Å². The fraction of sp³-hybridized carbons (Fsp3) is 0.750. The highest BCUT2D eigenvalue weighted by Crippen LogP contribution is 2.21. The summed E-state index contributed by atoms with van der Waals surface area (Å²) in [4.78, 5) is 14.0. The van der Waals surface area contributed by atoms with Crippen molar-refractivity contribution in [1.29, 1.82) is 0 Å². The number of nitrogens with zero attached hydrogens (tertiary/aromatic N) is 4. The van der Waals surface area contributed by atoms with Gasteiger partial charge < -0.3 is 10.0 Å². The topological polar surface area (TPSA) is 71.2 Å². The van der Waals surface area contributed by atoms with Gasteiger partial charge in [0.15, 0.2) is 0 Å². The summed E-state index contributed by atoms with van der Waals surface area (Å²) in [5.74, 6) is 1.19. The van der Waals surface area contributed by atoms with Gasteiger partial charge in [-0.05, 0) is 18.3 Å². The fourth-order valence-corrected chi connectivity index (χ4v) is 2.59. The first-order chi connectivity index (χ1) is 8.58. The lowest BCUT2D eigenvalue weighted by Crippen LogP contribution is -2.44. The Morgan fingerprint density at radius 1 is 1.44 bits per heavy atom. The number of hydrogen-bond donors (Lipinski definition) is 1. The summed E-state index contributed by atoms with van der Waals surface area (Å²) in [5, 5.41) is 16.5. The van der Waals surface area contributed by atoms with Gasteiger partial charge in [0.05, 0.1) is 12.8 Å². The Kier molecular flexibility index (Phi) is 3.96. The molecule has 2 heterocycles. The molecule has 6 heteroatoms. The van der Waals surface area contributed by atoms with Gasteiger partial charge in [0, 0.05) is 13.1 Å². The van der Waals surface area contributed by atoms with Crippen LogP contribution in [0.25, 0.3) is 0 Å². The van der Waals surface area contributed by atoms with E-state index < -0.39 is 0 Å². The maximum absolute atomic E-state index is 12.1. The molecule has 18 heavy (non-hydrogen) atoms. The molecule has 6 nitrogen and oxygen atoms in total. The molecule has 100 valence electrons. The van der Waals surface area contributed by atoms with E-state index >= 15 is 0 Å². The normalized spacial score (nSPS) is 24.3. The number of rotatable bonds is 3. The minimum atomic E-state index is -0.147. The van der Waals surface area contributed by atoms with E-state index in [1.165, 1.54) is 11.1 Å². The summed E-state index contributed by atoms with van der Waals surface area (Å²) in [5.41, 5.74) is 0.489. The monoisotopic (exact) mass is 252 g/mol. The van der Waals surface area contributed by atoms with Crippen molar-refractivity contribution < 1.29 is 9.90 Å². The van der Waals surface area contributed by atoms with Crippen molar-refractivity contribution in [3.05, 3.63) is 11.9 Å². The van der Waals surface area contributed by atoms with Crippen LogP contribution in [0.4, 0.5) is 0 Å². The Labute approximate surface area is 107 Å². The molecular weight excluding hydrogens is 232 g/mol. The number of aliphatic hydroxyl groups is 1. The summed E-state index contributed by atoms with van der Waals surface area (Å²) in [6, 6.07) is 0. The van der Waals surface area contributed by atoms with Crippen LogP contribution in [0.15, 0.2) is 6.20 Å². The van der Waals surface area contributed by atoms with Crippen LogP contribution in [-0.2, 0) is 17.9 Å². The number of amides is 1. The average Bonchev–Trinajstić information content (AvgIpc) is 2.75. The molecule has 2 atom stereocenters. The van der Waals surface area contributed by atoms with Gasteiger partial charge in [-0.2, -0.15) is 0 Å². The number of likely N-dealkylation sites (tertiary alicyclic amines) is 1. The molecule has 2 unspecified atom stereocenters. The molecule has 1 amide bonds. The molecule has 0 saturated carbocycles. The number of carbonyl (C=O) groups is 1. The Balaban J connectivity index is 1.94. The zero-order valence-electron chi connectivity index (χ0n) is 10.9. The fourth-order valence-electron chi connectivity index (χ4n) is 2.59. The highest BCUT2D eigenvalue weighted by molar-refractivity contribution is 5.76. The van der Waals surface area contributed by atoms with Crippen molar-refractivity contribution in [1.82, 2.24) is 19.9 Å². The van der Waals surface area contributed by atoms with Gasteiger partial charge in [0.2, 0.25) is 5.91 Å². The first-order valence-corrected chi connectivity index (χ1v) is 6.36. The van der Waals surface area contributed by atoms with Crippen LogP contribution in [-0.4, -0.2) is 44.0 Å². The third-order valence-electron chi connectivity index (χ3n) is 3.27. The molecular formula is C12H20N4O2. The van der Waals surface area contributed by atoms with Crippen LogP contribution < -0.4 is 0 Å². The van der Waals surface area contributed by atoms with Crippen molar-refractivity contribution >= 4 is 5.91 Å². The minimum absolute atomic E-state index is 0.0720. The highest BCUT2D eigenvalue weighted by atomic mass is 16.3. The summed E-state index contributed by atoms with van der Waals surface area (Å²) < 4.78 is 1.48. The van der Waals surface area contributed by atoms with Gasteiger partial charge in [-0.25, -0.2) is 4.68 Å². The standard InChI is InChI=1S/C12H20N4O2/c1-9-3-10(2)5-15(4-9)12(18)7-16-6-11(8-17)13-14-16/h6,9-10,17H,3-5,7-8H2,1-2H3. The van der Waals surface area contributed by atoms with Gasteiger partial charge >= 0.3 is 0 Å². The third kappa shape index (κ3) is 3.07. The molecule has 1 N–H and O–H groups in total. The Morgan fingerprint density at radius 2 is 2.11 bits per heavy atom. The number of aliphatic hydroxyl groups excluding tert-OH is 1. The SMILES string of the molecule is CC1CC(C)CN(C(=O)Cn2cc(CO)nn2)C1. The maximum atomic E-state index is 12.1. The predicted octanol–water partition coefficient (Wildman–Crippen LogP) is 0.275. The second kappa shape index (κ2) is 5.48. The number of hydrogen-bond acceptors (Lipinski definition) is 4. The lowest BCUT2D eigenvalue weighted by molar-refractivity contribution is -0.134. The maximum Gasteiger partial charge on any atom is 0.244 e. The van der Waals surface area contributed by atoms with E-state index in [1.807, 2.05) is 4.90 Å². The summed E-state index contributed by atoms with van der Waals surface area (Å²) in [7, 11) is 0. The third-order valence-corrected chi connectivity index (χ3v) is 3.27. The van der Waals surface area contributed by atoms with Crippen molar-refractivity contribution in [2.45, 2.75) is 33.4 Å². The molecule has 1 saturated heterocycles. The predicted molar refractivity (Wildman–Crippen MR) is 65.5 cm³/mol. The van der Waals surface area contributed by atoms with Crippen molar-refractivity contribution in [2.24, 2.45) is 11.8 Å². The second-order valence-electron chi connectivity index (χ2n) is 5.31.